The number of nitriles is 3. The van der Waals surface area contributed by atoms with Gasteiger partial charge in [-0.05, 0) is 30.3 Å². The lowest BCUT2D eigenvalue weighted by atomic mass is 10.2. The van der Waals surface area contributed by atoms with Crippen molar-refractivity contribution in [3.8, 4) is 34.5 Å². The van der Waals surface area contributed by atoms with Gasteiger partial charge in [0.15, 0.2) is 5.57 Å². The van der Waals surface area contributed by atoms with Crippen molar-refractivity contribution in [2.75, 3.05) is 5.32 Å². The van der Waals surface area contributed by atoms with Crippen molar-refractivity contribution in [2.24, 2.45) is 0 Å². The molecule has 6 nitrogen and oxygen atoms in total. The number of fused-ring (bicyclic) bond motifs is 1. The zero-order valence-electron chi connectivity index (χ0n) is 12.7. The van der Waals surface area contributed by atoms with Gasteiger partial charge in [-0.1, -0.05) is 12.1 Å². The lowest BCUT2D eigenvalue weighted by molar-refractivity contribution is 0.475. The fraction of sp³-hybridized carbons (Fsp3) is 0. The molecule has 0 saturated heterocycles. The quantitative estimate of drug-likeness (QED) is 0.696. The molecule has 3 aromatic rings. The summed E-state index contributed by atoms with van der Waals surface area (Å²) in [7, 11) is 0. The number of phenolic OH excluding ortho intramolecular Hbond substituents is 1. The minimum absolute atomic E-state index is 0.0953. The van der Waals surface area contributed by atoms with Crippen LogP contribution in [0.25, 0.3) is 20.8 Å². The van der Waals surface area contributed by atoms with Gasteiger partial charge in [-0.15, -0.1) is 11.3 Å². The summed E-state index contributed by atoms with van der Waals surface area (Å²) in [6, 6.07) is 17.3. The summed E-state index contributed by atoms with van der Waals surface area (Å²) in [4.78, 5) is 4.53. The minimum Gasteiger partial charge on any atom is -0.508 e. The van der Waals surface area contributed by atoms with E-state index in [1.54, 1.807) is 48.5 Å². The van der Waals surface area contributed by atoms with E-state index in [0.29, 0.717) is 5.69 Å². The van der Waals surface area contributed by atoms with E-state index in [2.05, 4.69) is 10.3 Å². The van der Waals surface area contributed by atoms with E-state index in [4.69, 9.17) is 15.8 Å². The van der Waals surface area contributed by atoms with Gasteiger partial charge in [-0.3, -0.25) is 0 Å². The van der Waals surface area contributed by atoms with Crippen LogP contribution in [0, 0.1) is 34.0 Å². The number of phenols is 1. The fourth-order valence-electron chi connectivity index (χ4n) is 2.19. The summed E-state index contributed by atoms with van der Waals surface area (Å²) in [6.45, 7) is 0. The first kappa shape index (κ1) is 16.0. The lowest BCUT2D eigenvalue weighted by Gasteiger charge is -2.03. The molecule has 0 aliphatic heterocycles. The van der Waals surface area contributed by atoms with Crippen molar-refractivity contribution in [2.45, 2.75) is 0 Å². The van der Waals surface area contributed by atoms with Crippen LogP contribution in [-0.4, -0.2) is 10.1 Å². The molecule has 7 heteroatoms. The van der Waals surface area contributed by atoms with E-state index in [9.17, 15) is 5.11 Å². The van der Waals surface area contributed by atoms with Crippen molar-refractivity contribution >= 4 is 27.2 Å². The fourth-order valence-corrected chi connectivity index (χ4v) is 3.19. The van der Waals surface area contributed by atoms with Gasteiger partial charge in [0.05, 0.1) is 10.2 Å². The summed E-state index contributed by atoms with van der Waals surface area (Å²) in [5.74, 6) is 0.170. The average Bonchev–Trinajstić information content (AvgIpc) is 3.05. The Bertz CT molecular complexity index is 1110. The molecule has 0 bridgehead atoms. The van der Waals surface area contributed by atoms with Crippen molar-refractivity contribution in [1.29, 1.82) is 15.8 Å². The Morgan fingerprint density at radius 3 is 2.52 bits per heavy atom. The summed E-state index contributed by atoms with van der Waals surface area (Å²) in [5, 5.41) is 40.0. The van der Waals surface area contributed by atoms with E-state index < -0.39 is 0 Å². The second-order valence-electron chi connectivity index (χ2n) is 4.96. The molecular weight excluding hydrogens is 334 g/mol. The first-order valence-corrected chi connectivity index (χ1v) is 7.88. The number of thiazole rings is 1. The summed E-state index contributed by atoms with van der Waals surface area (Å²) in [6.07, 6.45) is 0. The highest BCUT2D eigenvalue weighted by atomic mass is 32.1. The van der Waals surface area contributed by atoms with Crippen molar-refractivity contribution in [3.63, 3.8) is 0 Å². The molecule has 0 atom stereocenters. The van der Waals surface area contributed by atoms with Crippen LogP contribution in [-0.2, 0) is 0 Å². The normalized spacial score (nSPS) is 9.64. The van der Waals surface area contributed by atoms with E-state index in [0.717, 1.165) is 20.8 Å². The molecule has 0 radical (unpaired) electrons. The van der Waals surface area contributed by atoms with E-state index in [1.165, 1.54) is 11.3 Å². The van der Waals surface area contributed by atoms with Gasteiger partial charge in [-0.25, -0.2) is 4.98 Å². The molecule has 0 spiro atoms. The second-order valence-corrected chi connectivity index (χ2v) is 5.99. The van der Waals surface area contributed by atoms with Crippen LogP contribution in [0.2, 0.25) is 0 Å². The third-order valence-electron chi connectivity index (χ3n) is 3.34. The maximum atomic E-state index is 9.60. The molecule has 0 fully saturated rings. The number of nitrogens with one attached hydrogen (secondary N) is 1. The maximum Gasteiger partial charge on any atom is 0.163 e. The van der Waals surface area contributed by atoms with Crippen LogP contribution < -0.4 is 5.32 Å². The first-order chi connectivity index (χ1) is 12.1. The number of nitrogens with zero attached hydrogens (tertiary/aromatic N) is 4. The Hall–Kier alpha value is -3.86. The number of rotatable bonds is 3. The Morgan fingerprint density at radius 1 is 1.04 bits per heavy atom. The van der Waals surface area contributed by atoms with Gasteiger partial charge in [0.1, 0.15) is 34.7 Å². The predicted molar refractivity (Wildman–Crippen MR) is 94.2 cm³/mol. The zero-order chi connectivity index (χ0) is 17.8. The van der Waals surface area contributed by atoms with Crippen molar-refractivity contribution in [1.82, 2.24) is 4.98 Å². The Labute approximate surface area is 147 Å². The first-order valence-electron chi connectivity index (χ1n) is 7.06. The number of aromatic nitrogens is 1. The average molecular weight is 343 g/mol. The third kappa shape index (κ3) is 3.25. The summed E-state index contributed by atoms with van der Waals surface area (Å²) < 4.78 is 0.871. The van der Waals surface area contributed by atoms with Gasteiger partial charge < -0.3 is 10.4 Å². The SMILES string of the molecule is N#CC(C#N)=C(C#N)Nc1ccc2nc(-c3cccc(O)c3)sc2c1. The van der Waals surface area contributed by atoms with E-state index in [-0.39, 0.29) is 17.0 Å². The van der Waals surface area contributed by atoms with Crippen LogP contribution in [0.3, 0.4) is 0 Å². The number of allylic oxidation sites excluding steroid dienone is 2. The molecule has 3 rings (SSSR count). The Balaban J connectivity index is 1.99. The number of benzene rings is 2. The topological polar surface area (TPSA) is 117 Å². The van der Waals surface area contributed by atoms with Gasteiger partial charge >= 0.3 is 0 Å². The monoisotopic (exact) mass is 343 g/mol. The van der Waals surface area contributed by atoms with Gasteiger partial charge in [0.25, 0.3) is 0 Å². The highest BCUT2D eigenvalue weighted by Crippen LogP contribution is 2.33. The predicted octanol–water partition coefficient (Wildman–Crippen LogP) is 3.91. The molecule has 0 amide bonds. The van der Waals surface area contributed by atoms with Gasteiger partial charge in [0.2, 0.25) is 0 Å². The van der Waals surface area contributed by atoms with E-state index in [1.807, 2.05) is 12.1 Å². The number of anilines is 1. The van der Waals surface area contributed by atoms with E-state index >= 15 is 0 Å². The largest absolute Gasteiger partial charge is 0.508 e. The maximum absolute atomic E-state index is 9.60. The molecule has 1 aromatic heterocycles. The minimum atomic E-state index is -0.271. The van der Waals surface area contributed by atoms with Crippen LogP contribution in [0.1, 0.15) is 0 Å². The Kier molecular flexibility index (Phi) is 4.30. The number of hydrogen-bond donors (Lipinski definition) is 2. The number of hydrogen-bond acceptors (Lipinski definition) is 7. The third-order valence-corrected chi connectivity index (χ3v) is 4.40. The molecule has 25 heavy (non-hydrogen) atoms. The molecular formula is C18H9N5OS. The molecule has 2 aromatic carbocycles. The molecule has 0 aliphatic carbocycles. The molecule has 0 saturated carbocycles. The highest BCUT2D eigenvalue weighted by molar-refractivity contribution is 7.21. The van der Waals surface area contributed by atoms with Crippen LogP contribution in [0.15, 0.2) is 53.7 Å². The molecule has 1 heterocycles. The van der Waals surface area contributed by atoms with Crippen molar-refractivity contribution in [3.05, 3.63) is 53.7 Å². The molecule has 0 aliphatic rings. The lowest BCUT2D eigenvalue weighted by Crippen LogP contribution is -2.00. The number of aromatic hydroxyl groups is 1. The van der Waals surface area contributed by atoms with Crippen LogP contribution in [0.4, 0.5) is 5.69 Å². The van der Waals surface area contributed by atoms with Crippen molar-refractivity contribution < 1.29 is 5.11 Å². The molecule has 0 unspecified atom stereocenters. The standard InChI is InChI=1S/C18H9N5OS/c19-8-12(9-20)16(10-21)22-13-4-5-15-17(7-13)25-18(23-15)11-2-1-3-14(24)6-11/h1-7,22,24H. The van der Waals surface area contributed by atoms with Crippen LogP contribution in [0.5, 0.6) is 5.75 Å². The van der Waals surface area contributed by atoms with Crippen LogP contribution >= 0.6 is 11.3 Å². The van der Waals surface area contributed by atoms with Gasteiger partial charge in [0, 0.05) is 11.3 Å². The smallest absolute Gasteiger partial charge is 0.163 e. The zero-order valence-corrected chi connectivity index (χ0v) is 13.5. The highest BCUT2D eigenvalue weighted by Gasteiger charge is 2.10. The summed E-state index contributed by atoms with van der Waals surface area (Å²) in [5.41, 5.74) is 1.80. The summed E-state index contributed by atoms with van der Waals surface area (Å²) >= 11 is 1.44. The molecule has 118 valence electrons. The Morgan fingerprint density at radius 2 is 1.84 bits per heavy atom. The molecule has 2 N–H and O–H groups in total. The second kappa shape index (κ2) is 6.72. The van der Waals surface area contributed by atoms with Gasteiger partial charge in [-0.2, -0.15) is 15.8 Å².